The van der Waals surface area contributed by atoms with Gasteiger partial charge in [0.05, 0.1) is 13.3 Å². The summed E-state index contributed by atoms with van der Waals surface area (Å²) in [4.78, 5) is 4.55. The molecule has 0 saturated carbocycles. The molecule has 0 atom stereocenters. The zero-order valence-electron chi connectivity index (χ0n) is 6.25. The van der Waals surface area contributed by atoms with Gasteiger partial charge in [0.15, 0.2) is 0 Å². The number of ether oxygens (including phenoxy) is 1. The fraction of sp³-hybridized carbons (Fsp3) is 0.429. The molecule has 0 unspecified atom stereocenters. The third-order valence-electron chi connectivity index (χ3n) is 1.12. The van der Waals surface area contributed by atoms with Gasteiger partial charge in [-0.2, -0.15) is 0 Å². The Bertz CT molecular complexity index is 122. The molecule has 2 N–H and O–H groups in total. The largest absolute Gasteiger partial charge is 0.391 e. The van der Waals surface area contributed by atoms with Crippen LogP contribution in [0.25, 0.3) is 0 Å². The topological polar surface area (TPSA) is 42.5 Å². The highest BCUT2D eigenvalue weighted by Crippen LogP contribution is 1.80. The first-order valence-electron chi connectivity index (χ1n) is 3.51. The fourth-order valence-electron chi connectivity index (χ4n) is 0.619. The average Bonchev–Trinajstić information content (AvgIpc) is 2.64. The van der Waals surface area contributed by atoms with E-state index < -0.39 is 0 Å². The van der Waals surface area contributed by atoms with Crippen LogP contribution in [0.1, 0.15) is 0 Å². The van der Waals surface area contributed by atoms with Gasteiger partial charge in [0.2, 0.25) is 0 Å². The molecule has 0 aromatic rings. The van der Waals surface area contributed by atoms with Crippen molar-refractivity contribution in [1.82, 2.24) is 10.8 Å². The predicted molar refractivity (Wildman–Crippen MR) is 41.3 cm³/mol. The molecular weight excluding hydrogens is 144 g/mol. The van der Waals surface area contributed by atoms with Gasteiger partial charge >= 0.3 is 0 Å². The highest BCUT2D eigenvalue weighted by molar-refractivity contribution is 5.00. The zero-order valence-corrected chi connectivity index (χ0v) is 6.25. The van der Waals surface area contributed by atoms with Gasteiger partial charge in [0, 0.05) is 12.7 Å². The van der Waals surface area contributed by atoms with Crippen molar-refractivity contribution in [2.45, 2.75) is 0 Å². The summed E-state index contributed by atoms with van der Waals surface area (Å²) in [6.07, 6.45) is 6.93. The minimum absolute atomic E-state index is 0.750. The van der Waals surface area contributed by atoms with Crippen molar-refractivity contribution in [1.29, 1.82) is 0 Å². The van der Waals surface area contributed by atoms with Crippen LogP contribution in [0.4, 0.5) is 0 Å². The van der Waals surface area contributed by atoms with Crippen molar-refractivity contribution < 1.29 is 9.57 Å². The summed E-state index contributed by atoms with van der Waals surface area (Å²) < 4.78 is 4.83. The van der Waals surface area contributed by atoms with Gasteiger partial charge in [-0.15, -0.1) is 0 Å². The van der Waals surface area contributed by atoms with Crippen LogP contribution in [0.2, 0.25) is 0 Å². The average molecular weight is 156 g/mol. The lowest BCUT2D eigenvalue weighted by Crippen LogP contribution is -2.05. The van der Waals surface area contributed by atoms with Gasteiger partial charge in [0.25, 0.3) is 0 Å². The predicted octanol–water partition coefficient (Wildman–Crippen LogP) is 0.112. The summed E-state index contributed by atoms with van der Waals surface area (Å²) in [6.45, 7) is 2.67. The Morgan fingerprint density at radius 2 is 2.27 bits per heavy atom. The van der Waals surface area contributed by atoms with E-state index in [0.29, 0.717) is 0 Å². The normalized spacial score (nSPS) is 19.6. The maximum atomic E-state index is 4.83. The molecule has 0 aromatic carbocycles. The Labute approximate surface area is 65.8 Å². The molecule has 2 aliphatic rings. The lowest BCUT2D eigenvalue weighted by molar-refractivity contribution is 0.172. The standard InChI is InChI=1S/C4H5NO.C3H7NO/c1-2-4-6-5-3-1;1-2-5-3-4-1/h1-5H;4H,1-3H2. The molecule has 1 fully saturated rings. The molecule has 0 aliphatic carbocycles. The summed E-state index contributed by atoms with van der Waals surface area (Å²) in [5.74, 6) is 0. The minimum Gasteiger partial charge on any atom is -0.391 e. The number of hydrogen-bond donors (Lipinski definition) is 2. The van der Waals surface area contributed by atoms with E-state index in [4.69, 9.17) is 4.74 Å². The SMILES string of the molecule is C1=CNOC=C1.C1COCN1. The molecule has 4 heteroatoms. The first-order chi connectivity index (χ1) is 5.50. The number of hydrogen-bond acceptors (Lipinski definition) is 4. The number of hydroxylamine groups is 1. The summed E-state index contributed by atoms with van der Waals surface area (Å²) in [7, 11) is 0. The van der Waals surface area contributed by atoms with Gasteiger partial charge < -0.3 is 9.57 Å². The highest BCUT2D eigenvalue weighted by Gasteiger charge is 1.92. The quantitative estimate of drug-likeness (QED) is 0.522. The Morgan fingerprint density at radius 1 is 1.27 bits per heavy atom. The Balaban J connectivity index is 0.000000112. The molecule has 2 rings (SSSR count). The monoisotopic (exact) mass is 156 g/mol. The molecule has 2 heterocycles. The molecule has 0 bridgehead atoms. The van der Waals surface area contributed by atoms with Crippen LogP contribution in [-0.2, 0) is 9.57 Å². The van der Waals surface area contributed by atoms with Crippen molar-refractivity contribution in [3.05, 3.63) is 24.6 Å². The third-order valence-corrected chi connectivity index (χ3v) is 1.12. The van der Waals surface area contributed by atoms with Crippen LogP contribution >= 0.6 is 0 Å². The number of nitrogens with one attached hydrogen (secondary N) is 2. The van der Waals surface area contributed by atoms with Crippen LogP contribution < -0.4 is 10.8 Å². The second-order valence-corrected chi connectivity index (χ2v) is 1.98. The highest BCUT2D eigenvalue weighted by atomic mass is 16.6. The molecule has 1 saturated heterocycles. The maximum Gasteiger partial charge on any atom is 0.119 e. The number of rotatable bonds is 0. The Kier molecular flexibility index (Phi) is 4.24. The number of allylic oxidation sites excluding steroid dienone is 2. The molecule has 0 amide bonds. The van der Waals surface area contributed by atoms with E-state index >= 15 is 0 Å². The molecule has 62 valence electrons. The Hall–Kier alpha value is -1.00. The van der Waals surface area contributed by atoms with Crippen molar-refractivity contribution in [3.63, 3.8) is 0 Å². The lowest BCUT2D eigenvalue weighted by Gasteiger charge is -1.97. The van der Waals surface area contributed by atoms with Crippen molar-refractivity contribution in [3.8, 4) is 0 Å². The second kappa shape index (κ2) is 5.76. The van der Waals surface area contributed by atoms with E-state index in [1.165, 1.54) is 0 Å². The summed E-state index contributed by atoms with van der Waals surface area (Å²) in [5.41, 5.74) is 2.52. The summed E-state index contributed by atoms with van der Waals surface area (Å²) in [6, 6.07) is 0. The van der Waals surface area contributed by atoms with E-state index in [2.05, 4.69) is 15.6 Å². The van der Waals surface area contributed by atoms with E-state index in [1.807, 2.05) is 6.08 Å². The van der Waals surface area contributed by atoms with Crippen molar-refractivity contribution in [2.75, 3.05) is 19.9 Å². The smallest absolute Gasteiger partial charge is 0.119 e. The van der Waals surface area contributed by atoms with Crippen LogP contribution in [0, 0.1) is 0 Å². The van der Waals surface area contributed by atoms with Crippen LogP contribution in [0.5, 0.6) is 0 Å². The first-order valence-corrected chi connectivity index (χ1v) is 3.51. The van der Waals surface area contributed by atoms with Crippen molar-refractivity contribution in [2.24, 2.45) is 0 Å². The third kappa shape index (κ3) is 4.41. The van der Waals surface area contributed by atoms with E-state index in [1.54, 1.807) is 18.5 Å². The Morgan fingerprint density at radius 3 is 2.45 bits per heavy atom. The van der Waals surface area contributed by atoms with Crippen LogP contribution in [0.15, 0.2) is 24.6 Å². The lowest BCUT2D eigenvalue weighted by atomic mass is 10.6. The molecule has 2 aliphatic heterocycles. The second-order valence-electron chi connectivity index (χ2n) is 1.98. The molecule has 0 aromatic heterocycles. The molecule has 0 spiro atoms. The van der Waals surface area contributed by atoms with Gasteiger partial charge in [-0.25, -0.2) is 5.48 Å². The van der Waals surface area contributed by atoms with Gasteiger partial charge in [-0.05, 0) is 12.2 Å². The van der Waals surface area contributed by atoms with E-state index in [0.717, 1.165) is 19.9 Å². The van der Waals surface area contributed by atoms with Crippen LogP contribution in [0.3, 0.4) is 0 Å². The molecular formula is C7H12N2O2. The fourth-order valence-corrected chi connectivity index (χ4v) is 0.619. The summed E-state index contributed by atoms with van der Waals surface area (Å²) in [5, 5.41) is 3.00. The van der Waals surface area contributed by atoms with Gasteiger partial charge in [-0.1, -0.05) is 0 Å². The van der Waals surface area contributed by atoms with E-state index in [9.17, 15) is 0 Å². The van der Waals surface area contributed by atoms with Gasteiger partial charge in [-0.3, -0.25) is 5.32 Å². The van der Waals surface area contributed by atoms with Crippen LogP contribution in [-0.4, -0.2) is 19.9 Å². The van der Waals surface area contributed by atoms with E-state index in [-0.39, 0.29) is 0 Å². The van der Waals surface area contributed by atoms with Gasteiger partial charge in [0.1, 0.15) is 6.26 Å². The summed E-state index contributed by atoms with van der Waals surface area (Å²) >= 11 is 0. The van der Waals surface area contributed by atoms with Crippen molar-refractivity contribution >= 4 is 0 Å². The first kappa shape index (κ1) is 8.10. The minimum atomic E-state index is 0.750. The maximum absolute atomic E-state index is 4.83. The molecule has 4 nitrogen and oxygen atoms in total. The molecule has 11 heavy (non-hydrogen) atoms. The molecule has 0 radical (unpaired) electrons. The zero-order chi connectivity index (χ0) is 7.78.